The van der Waals surface area contributed by atoms with Gasteiger partial charge < -0.3 is 4.74 Å². The number of benzene rings is 1. The molecule has 1 unspecified atom stereocenters. The molecule has 0 amide bonds. The molecule has 0 bridgehead atoms. The van der Waals surface area contributed by atoms with Crippen molar-refractivity contribution in [2.24, 2.45) is 0 Å². The van der Waals surface area contributed by atoms with Gasteiger partial charge in [-0.2, -0.15) is 0 Å². The highest BCUT2D eigenvalue weighted by Gasteiger charge is 2.08. The molecule has 1 rings (SSSR count). The van der Waals surface area contributed by atoms with E-state index in [-0.39, 0.29) is 23.8 Å². The number of rotatable bonds is 7. The molecule has 17 heavy (non-hydrogen) atoms. The van der Waals surface area contributed by atoms with Gasteiger partial charge in [0.05, 0.1) is 12.4 Å². The molecule has 1 aromatic carbocycles. The predicted molar refractivity (Wildman–Crippen MR) is 64.9 cm³/mol. The van der Waals surface area contributed by atoms with E-state index in [9.17, 15) is 13.4 Å². The Bertz CT molecular complexity index is 389. The lowest BCUT2D eigenvalue weighted by Gasteiger charge is -2.02. The third kappa shape index (κ3) is 5.70. The smallest absolute Gasteiger partial charge is 0.149 e. The summed E-state index contributed by atoms with van der Waals surface area (Å²) in [5.74, 6) is -0.0391. The van der Waals surface area contributed by atoms with Crippen LogP contribution in [0.2, 0.25) is 0 Å². The zero-order valence-corrected chi connectivity index (χ0v) is 10.5. The lowest BCUT2D eigenvalue weighted by Crippen LogP contribution is -2.17. The van der Waals surface area contributed by atoms with Crippen molar-refractivity contribution in [2.75, 3.05) is 25.2 Å². The maximum Gasteiger partial charge on any atom is 0.149 e. The van der Waals surface area contributed by atoms with Crippen LogP contribution in [0.15, 0.2) is 24.3 Å². The molecule has 5 heteroatoms. The summed E-state index contributed by atoms with van der Waals surface area (Å²) in [6.07, 6.45) is 0.193. The van der Waals surface area contributed by atoms with Gasteiger partial charge in [0.1, 0.15) is 11.6 Å². The van der Waals surface area contributed by atoms with Crippen LogP contribution in [0.4, 0.5) is 4.39 Å². The second-order valence-electron chi connectivity index (χ2n) is 3.62. The first kappa shape index (κ1) is 14.0. The summed E-state index contributed by atoms with van der Waals surface area (Å²) >= 11 is 0. The maximum atomic E-state index is 12.6. The quantitative estimate of drug-likeness (QED) is 0.741. The van der Waals surface area contributed by atoms with Gasteiger partial charge in [0.15, 0.2) is 0 Å². The van der Waals surface area contributed by atoms with E-state index in [1.54, 1.807) is 12.1 Å². The molecule has 0 aliphatic rings. The lowest BCUT2D eigenvalue weighted by molar-refractivity contribution is -0.116. The Hall–Kier alpha value is -1.07. The highest BCUT2D eigenvalue weighted by molar-refractivity contribution is 7.85. The number of halogens is 1. The van der Waals surface area contributed by atoms with Crippen LogP contribution in [0.1, 0.15) is 5.56 Å². The molecule has 0 spiro atoms. The third-order valence-electron chi connectivity index (χ3n) is 2.15. The Morgan fingerprint density at radius 1 is 1.35 bits per heavy atom. The van der Waals surface area contributed by atoms with Gasteiger partial charge in [0.25, 0.3) is 0 Å². The summed E-state index contributed by atoms with van der Waals surface area (Å²) < 4.78 is 28.8. The van der Waals surface area contributed by atoms with Crippen LogP contribution >= 0.6 is 0 Å². The Kier molecular flexibility index (Phi) is 6.00. The molecule has 1 aromatic rings. The first-order valence-corrected chi connectivity index (χ1v) is 6.70. The molecule has 3 nitrogen and oxygen atoms in total. The highest BCUT2D eigenvalue weighted by Crippen LogP contribution is 2.04. The molecule has 0 fully saturated rings. The van der Waals surface area contributed by atoms with E-state index in [4.69, 9.17) is 4.74 Å². The summed E-state index contributed by atoms with van der Waals surface area (Å²) in [6.45, 7) is 0.385. The first-order valence-electron chi connectivity index (χ1n) is 5.22. The van der Waals surface area contributed by atoms with Gasteiger partial charge in [-0.3, -0.25) is 9.00 Å². The van der Waals surface area contributed by atoms with Crippen LogP contribution in [0.25, 0.3) is 0 Å². The number of ketones is 1. The van der Waals surface area contributed by atoms with Gasteiger partial charge in [0.2, 0.25) is 0 Å². The number of ether oxygens (including phenoxy) is 1. The van der Waals surface area contributed by atoms with Crippen molar-refractivity contribution in [1.82, 2.24) is 0 Å². The topological polar surface area (TPSA) is 43.4 Å². The van der Waals surface area contributed by atoms with E-state index in [0.29, 0.717) is 12.4 Å². The van der Waals surface area contributed by atoms with Crippen molar-refractivity contribution in [1.29, 1.82) is 0 Å². The van der Waals surface area contributed by atoms with E-state index < -0.39 is 10.8 Å². The second-order valence-corrected chi connectivity index (χ2v) is 5.20. The molecule has 0 heterocycles. The van der Waals surface area contributed by atoms with Crippen molar-refractivity contribution in [3.8, 4) is 0 Å². The van der Waals surface area contributed by atoms with Gasteiger partial charge in [0, 0.05) is 30.1 Å². The average molecular weight is 258 g/mol. The lowest BCUT2D eigenvalue weighted by atomic mass is 10.1. The molecular formula is C12H15FO3S. The molecule has 94 valence electrons. The summed E-state index contributed by atoms with van der Waals surface area (Å²) in [6, 6.07) is 5.74. The molecule has 0 aliphatic carbocycles. The highest BCUT2D eigenvalue weighted by atomic mass is 32.2. The monoisotopic (exact) mass is 258 g/mol. The van der Waals surface area contributed by atoms with Crippen LogP contribution in [-0.4, -0.2) is 35.2 Å². The molecular weight excluding hydrogens is 243 g/mol. The average Bonchev–Trinajstić information content (AvgIpc) is 2.29. The predicted octanol–water partition coefficient (Wildman–Crippen LogP) is 1.33. The van der Waals surface area contributed by atoms with Gasteiger partial charge in [-0.25, -0.2) is 4.39 Å². The number of carbonyl (C=O) groups excluding carboxylic acids is 1. The van der Waals surface area contributed by atoms with E-state index in [1.165, 1.54) is 19.2 Å². The number of methoxy groups -OCH3 is 1. The van der Waals surface area contributed by atoms with E-state index in [2.05, 4.69) is 0 Å². The summed E-state index contributed by atoms with van der Waals surface area (Å²) in [4.78, 5) is 11.5. The molecule has 1 atom stereocenters. The molecule has 0 aromatic heterocycles. The third-order valence-corrected chi connectivity index (χ3v) is 3.42. The molecule has 0 radical (unpaired) electrons. The van der Waals surface area contributed by atoms with Crippen LogP contribution in [0.5, 0.6) is 0 Å². The Balaban J connectivity index is 2.39. The summed E-state index contributed by atoms with van der Waals surface area (Å²) in [5.41, 5.74) is 0.736. The van der Waals surface area contributed by atoms with Crippen molar-refractivity contribution < 1.29 is 18.1 Å². The second kappa shape index (κ2) is 7.29. The van der Waals surface area contributed by atoms with Gasteiger partial charge in [-0.05, 0) is 17.7 Å². The van der Waals surface area contributed by atoms with Crippen LogP contribution in [-0.2, 0) is 26.8 Å². The SMILES string of the molecule is COCCS(=O)CC(=O)Cc1ccc(F)cc1. The molecule has 0 saturated heterocycles. The number of hydrogen-bond donors (Lipinski definition) is 0. The molecule has 0 saturated carbocycles. The van der Waals surface area contributed by atoms with Crippen LogP contribution < -0.4 is 0 Å². The minimum atomic E-state index is -1.18. The van der Waals surface area contributed by atoms with Crippen LogP contribution in [0, 0.1) is 5.82 Å². The Morgan fingerprint density at radius 3 is 2.59 bits per heavy atom. The van der Waals surface area contributed by atoms with E-state index >= 15 is 0 Å². The van der Waals surface area contributed by atoms with Crippen molar-refractivity contribution in [2.45, 2.75) is 6.42 Å². The largest absolute Gasteiger partial charge is 0.384 e. The van der Waals surface area contributed by atoms with Crippen LogP contribution in [0.3, 0.4) is 0 Å². The normalized spacial score (nSPS) is 12.4. The summed E-state index contributed by atoms with van der Waals surface area (Å²) in [5, 5.41) is 0. The Labute approximate surface area is 102 Å². The van der Waals surface area contributed by atoms with E-state index in [1.807, 2.05) is 0 Å². The minimum absolute atomic E-state index is 0.0285. The fourth-order valence-corrected chi connectivity index (χ4v) is 2.27. The fraction of sp³-hybridized carbons (Fsp3) is 0.417. The van der Waals surface area contributed by atoms with Crippen molar-refractivity contribution in [3.63, 3.8) is 0 Å². The van der Waals surface area contributed by atoms with Gasteiger partial charge >= 0.3 is 0 Å². The van der Waals surface area contributed by atoms with E-state index in [0.717, 1.165) is 5.56 Å². The fourth-order valence-electron chi connectivity index (χ4n) is 1.31. The number of carbonyl (C=O) groups is 1. The van der Waals surface area contributed by atoms with Crippen molar-refractivity contribution in [3.05, 3.63) is 35.6 Å². The molecule has 0 aliphatic heterocycles. The maximum absolute atomic E-state index is 12.6. The number of hydrogen-bond acceptors (Lipinski definition) is 3. The minimum Gasteiger partial charge on any atom is -0.384 e. The zero-order chi connectivity index (χ0) is 12.7. The Morgan fingerprint density at radius 2 is 2.00 bits per heavy atom. The van der Waals surface area contributed by atoms with Gasteiger partial charge in [-0.15, -0.1) is 0 Å². The standard InChI is InChI=1S/C12H15FO3S/c1-16-6-7-17(15)9-12(14)8-10-2-4-11(13)5-3-10/h2-5H,6-9H2,1H3. The molecule has 0 N–H and O–H groups in total. The summed E-state index contributed by atoms with van der Waals surface area (Å²) in [7, 11) is 0.349. The number of Topliss-reactive ketones (excluding diaryl/α,β-unsaturated/α-hetero) is 1. The zero-order valence-electron chi connectivity index (χ0n) is 9.65. The first-order chi connectivity index (χ1) is 8.11. The van der Waals surface area contributed by atoms with Gasteiger partial charge in [-0.1, -0.05) is 12.1 Å². The van der Waals surface area contributed by atoms with Crippen molar-refractivity contribution >= 4 is 16.6 Å².